The monoisotopic (exact) mass is 191 g/mol. The van der Waals surface area contributed by atoms with E-state index < -0.39 is 36.2 Å². The molecule has 7 heteroatoms. The Labute approximate surface area is 72.6 Å². The second-order valence-corrected chi connectivity index (χ2v) is 2.75. The van der Waals surface area contributed by atoms with Crippen LogP contribution < -0.4 is 5.32 Å². The van der Waals surface area contributed by atoms with Gasteiger partial charge in [0.25, 0.3) is 5.91 Å². The van der Waals surface area contributed by atoms with E-state index in [9.17, 15) is 9.59 Å². The van der Waals surface area contributed by atoms with Crippen molar-refractivity contribution in [3.8, 4) is 0 Å². The summed E-state index contributed by atoms with van der Waals surface area (Å²) in [5.41, 5.74) is 0. The number of hydrogen-bond acceptors (Lipinski definition) is 5. The van der Waals surface area contributed by atoms with E-state index in [4.69, 9.17) is 20.4 Å². The van der Waals surface area contributed by atoms with Crippen LogP contribution in [0.2, 0.25) is 0 Å². The summed E-state index contributed by atoms with van der Waals surface area (Å²) in [5.74, 6) is -2.47. The molecule has 5 N–H and O–H groups in total. The van der Waals surface area contributed by atoms with E-state index in [1.165, 1.54) is 0 Å². The van der Waals surface area contributed by atoms with Crippen molar-refractivity contribution in [2.45, 2.75) is 24.4 Å². The number of nitrogens with one attached hydrogen (secondary N) is 1. The van der Waals surface area contributed by atoms with Crippen LogP contribution in [0.15, 0.2) is 0 Å². The van der Waals surface area contributed by atoms with E-state index in [1.807, 2.05) is 5.32 Å². The van der Waals surface area contributed by atoms with Crippen LogP contribution in [0.25, 0.3) is 0 Å². The molecule has 1 aliphatic heterocycles. The minimum Gasteiger partial charge on any atom is -0.480 e. The van der Waals surface area contributed by atoms with Crippen molar-refractivity contribution in [3.63, 3.8) is 0 Å². The average Bonchev–Trinajstić information content (AvgIpc) is 2.07. The number of hydrogen-bond donors (Lipinski definition) is 5. The molecule has 0 unspecified atom stereocenters. The van der Waals surface area contributed by atoms with Crippen LogP contribution >= 0.6 is 0 Å². The van der Waals surface area contributed by atoms with Crippen LogP contribution in [0.1, 0.15) is 0 Å². The Morgan fingerprint density at radius 1 is 1.23 bits per heavy atom. The Bertz CT molecular complexity index is 241. The lowest BCUT2D eigenvalue weighted by Gasteiger charge is -2.32. The predicted molar refractivity (Wildman–Crippen MR) is 37.6 cm³/mol. The molecule has 0 bridgehead atoms. The zero-order valence-corrected chi connectivity index (χ0v) is 6.41. The molecule has 1 heterocycles. The van der Waals surface area contributed by atoms with Gasteiger partial charge in [-0.05, 0) is 0 Å². The lowest BCUT2D eigenvalue weighted by molar-refractivity contribution is -0.165. The number of aliphatic carboxylic acids is 1. The molecule has 13 heavy (non-hydrogen) atoms. The van der Waals surface area contributed by atoms with Gasteiger partial charge in [-0.3, -0.25) is 4.79 Å². The Hall–Kier alpha value is -1.18. The van der Waals surface area contributed by atoms with Crippen LogP contribution in [0.3, 0.4) is 0 Å². The zero-order chi connectivity index (χ0) is 10.2. The van der Waals surface area contributed by atoms with Crippen molar-refractivity contribution in [1.82, 2.24) is 5.32 Å². The summed E-state index contributed by atoms with van der Waals surface area (Å²) in [6.07, 6.45) is -5.26. The number of rotatable bonds is 1. The molecule has 0 saturated carbocycles. The summed E-state index contributed by atoms with van der Waals surface area (Å²) in [7, 11) is 0. The fourth-order valence-electron chi connectivity index (χ4n) is 1.07. The number of aliphatic hydroxyl groups excluding tert-OH is 3. The first-order chi connectivity index (χ1) is 5.95. The lowest BCUT2D eigenvalue weighted by Crippen LogP contribution is -2.65. The summed E-state index contributed by atoms with van der Waals surface area (Å²) in [6.45, 7) is 0. The van der Waals surface area contributed by atoms with Crippen LogP contribution in [0.5, 0.6) is 0 Å². The number of aliphatic hydroxyl groups is 3. The molecule has 0 radical (unpaired) electrons. The summed E-state index contributed by atoms with van der Waals surface area (Å²) in [4.78, 5) is 21.2. The number of carboxylic acids is 1. The highest BCUT2D eigenvalue weighted by Crippen LogP contribution is 2.11. The number of carboxylic acid groups (broad SMARTS) is 1. The quantitative estimate of drug-likeness (QED) is 0.295. The molecule has 1 amide bonds. The fourth-order valence-corrected chi connectivity index (χ4v) is 1.07. The largest absolute Gasteiger partial charge is 0.480 e. The number of carbonyl (C=O) groups excluding carboxylic acids is 1. The van der Waals surface area contributed by atoms with E-state index in [1.54, 1.807) is 0 Å². The minimum atomic E-state index is -1.79. The van der Waals surface area contributed by atoms with Gasteiger partial charge in [0.1, 0.15) is 12.2 Å². The summed E-state index contributed by atoms with van der Waals surface area (Å²) in [5, 5.41) is 37.3. The first kappa shape index (κ1) is 9.90. The fraction of sp³-hybridized carbons (Fsp3) is 0.667. The summed E-state index contributed by atoms with van der Waals surface area (Å²) in [6, 6.07) is -1.58. The molecule has 1 saturated heterocycles. The molecular formula is C6H9NO6. The van der Waals surface area contributed by atoms with Gasteiger partial charge in [-0.1, -0.05) is 0 Å². The van der Waals surface area contributed by atoms with E-state index in [0.29, 0.717) is 0 Å². The van der Waals surface area contributed by atoms with Crippen LogP contribution in [0, 0.1) is 0 Å². The second-order valence-electron chi connectivity index (χ2n) is 2.75. The first-order valence-electron chi connectivity index (χ1n) is 3.52. The van der Waals surface area contributed by atoms with Gasteiger partial charge in [-0.15, -0.1) is 0 Å². The molecule has 0 aromatic rings. The van der Waals surface area contributed by atoms with Gasteiger partial charge in [-0.2, -0.15) is 0 Å². The summed E-state index contributed by atoms with van der Waals surface area (Å²) < 4.78 is 0. The molecule has 4 atom stereocenters. The van der Waals surface area contributed by atoms with Crippen molar-refractivity contribution in [2.75, 3.05) is 0 Å². The molecule has 1 fully saturated rings. The van der Waals surface area contributed by atoms with Crippen LogP contribution in [-0.4, -0.2) is 56.7 Å². The predicted octanol–water partition coefficient (Wildman–Crippen LogP) is -3.35. The van der Waals surface area contributed by atoms with Crippen molar-refractivity contribution in [1.29, 1.82) is 0 Å². The van der Waals surface area contributed by atoms with Crippen LogP contribution in [-0.2, 0) is 9.59 Å². The van der Waals surface area contributed by atoms with Gasteiger partial charge in [0, 0.05) is 0 Å². The molecule has 7 nitrogen and oxygen atoms in total. The highest BCUT2D eigenvalue weighted by Gasteiger charge is 2.44. The van der Waals surface area contributed by atoms with E-state index in [2.05, 4.69) is 0 Å². The maximum atomic E-state index is 10.8. The number of carbonyl (C=O) groups is 2. The van der Waals surface area contributed by atoms with Gasteiger partial charge >= 0.3 is 5.97 Å². The van der Waals surface area contributed by atoms with E-state index in [-0.39, 0.29) is 0 Å². The van der Waals surface area contributed by atoms with E-state index in [0.717, 1.165) is 0 Å². The number of amides is 1. The Morgan fingerprint density at radius 3 is 2.23 bits per heavy atom. The van der Waals surface area contributed by atoms with Crippen molar-refractivity contribution >= 4 is 11.9 Å². The third kappa shape index (κ3) is 1.62. The number of piperidine rings is 1. The van der Waals surface area contributed by atoms with Gasteiger partial charge in [0.2, 0.25) is 0 Å². The second kappa shape index (κ2) is 3.29. The maximum absolute atomic E-state index is 10.8. The van der Waals surface area contributed by atoms with Gasteiger partial charge in [0.15, 0.2) is 12.1 Å². The van der Waals surface area contributed by atoms with Gasteiger partial charge < -0.3 is 25.7 Å². The molecule has 0 aromatic heterocycles. The highest BCUT2D eigenvalue weighted by atomic mass is 16.4. The van der Waals surface area contributed by atoms with Crippen molar-refractivity contribution in [3.05, 3.63) is 0 Å². The first-order valence-corrected chi connectivity index (χ1v) is 3.52. The SMILES string of the molecule is O=C1N[C@@H](C(=O)O)[C@@H](O)[C@H](O)[C@H]1O. The van der Waals surface area contributed by atoms with Crippen LogP contribution in [0.4, 0.5) is 0 Å². The molecular weight excluding hydrogens is 182 g/mol. The minimum absolute atomic E-state index is 1.01. The standard InChI is InChI=1S/C6H9NO6/c8-2-1(6(12)13)7-5(11)4(10)3(2)9/h1-4,8-10H,(H,7,11)(H,12,13)/t1-,2-,3+,4-/m1/s1. The zero-order valence-electron chi connectivity index (χ0n) is 6.41. The topological polar surface area (TPSA) is 127 Å². The summed E-state index contributed by atoms with van der Waals surface area (Å²) >= 11 is 0. The Kier molecular flexibility index (Phi) is 2.50. The van der Waals surface area contributed by atoms with Crippen molar-refractivity contribution < 1.29 is 30.0 Å². The highest BCUT2D eigenvalue weighted by molar-refractivity contribution is 5.88. The normalized spacial score (nSPS) is 39.8. The molecule has 1 rings (SSSR count). The lowest BCUT2D eigenvalue weighted by atomic mass is 9.96. The smallest absolute Gasteiger partial charge is 0.329 e. The Balaban J connectivity index is 2.82. The average molecular weight is 191 g/mol. The third-order valence-electron chi connectivity index (χ3n) is 1.85. The molecule has 0 aliphatic carbocycles. The third-order valence-corrected chi connectivity index (χ3v) is 1.85. The molecule has 0 aromatic carbocycles. The molecule has 0 spiro atoms. The Morgan fingerprint density at radius 2 is 1.77 bits per heavy atom. The van der Waals surface area contributed by atoms with Gasteiger partial charge in [-0.25, -0.2) is 4.79 Å². The van der Waals surface area contributed by atoms with Crippen molar-refractivity contribution in [2.24, 2.45) is 0 Å². The molecule has 1 aliphatic rings. The molecule has 74 valence electrons. The van der Waals surface area contributed by atoms with Gasteiger partial charge in [0.05, 0.1) is 0 Å². The van der Waals surface area contributed by atoms with E-state index >= 15 is 0 Å². The maximum Gasteiger partial charge on any atom is 0.329 e.